The molecule has 2 heterocycles. The van der Waals surface area contributed by atoms with Gasteiger partial charge in [0.25, 0.3) is 0 Å². The Morgan fingerprint density at radius 1 is 1.21 bits per heavy atom. The second kappa shape index (κ2) is 5.25. The molecule has 3 rings (SSSR count). The topological polar surface area (TPSA) is 29.5 Å². The van der Waals surface area contributed by atoms with E-state index in [-0.39, 0.29) is 12.1 Å². The molecule has 2 aliphatic heterocycles. The fourth-order valence-electron chi connectivity index (χ4n) is 3.26. The summed E-state index contributed by atoms with van der Waals surface area (Å²) in [5.41, 5.74) is 0.634. The fourth-order valence-corrected chi connectivity index (χ4v) is 3.53. The van der Waals surface area contributed by atoms with Gasteiger partial charge in [-0.05, 0) is 44.2 Å². The number of halogens is 1. The van der Waals surface area contributed by atoms with Gasteiger partial charge in [-0.15, -0.1) is 0 Å². The molecule has 2 saturated heterocycles. The first-order valence-electron chi connectivity index (χ1n) is 6.82. The van der Waals surface area contributed by atoms with Gasteiger partial charge in [-0.1, -0.05) is 15.9 Å². The number of rotatable bonds is 2. The lowest BCUT2D eigenvalue weighted by Gasteiger charge is -2.35. The van der Waals surface area contributed by atoms with E-state index in [1.807, 2.05) is 12.1 Å². The summed E-state index contributed by atoms with van der Waals surface area (Å²) in [5, 5.41) is 0. The highest BCUT2D eigenvalue weighted by atomic mass is 79.9. The van der Waals surface area contributed by atoms with Gasteiger partial charge in [0.1, 0.15) is 6.10 Å². The van der Waals surface area contributed by atoms with Crippen LogP contribution < -0.4 is 0 Å². The van der Waals surface area contributed by atoms with Crippen molar-refractivity contribution in [3.8, 4) is 0 Å². The maximum Gasteiger partial charge on any atom is 0.338 e. The quantitative estimate of drug-likeness (QED) is 0.782. The Labute approximate surface area is 122 Å². The third-order valence-electron chi connectivity index (χ3n) is 4.41. The van der Waals surface area contributed by atoms with Gasteiger partial charge in [-0.2, -0.15) is 0 Å². The van der Waals surface area contributed by atoms with Crippen molar-refractivity contribution < 1.29 is 9.53 Å². The van der Waals surface area contributed by atoms with Gasteiger partial charge in [0, 0.05) is 29.4 Å². The zero-order chi connectivity index (χ0) is 13.4. The molecule has 2 bridgehead atoms. The first-order chi connectivity index (χ1) is 9.13. The number of hydrogen-bond acceptors (Lipinski definition) is 3. The van der Waals surface area contributed by atoms with Crippen LogP contribution >= 0.6 is 15.9 Å². The molecule has 0 radical (unpaired) electrons. The Hall–Kier alpha value is -0.870. The van der Waals surface area contributed by atoms with Crippen molar-refractivity contribution in [2.45, 2.75) is 43.9 Å². The number of piperidine rings is 1. The molecule has 2 atom stereocenters. The summed E-state index contributed by atoms with van der Waals surface area (Å²) in [6.45, 7) is 0. The zero-order valence-electron chi connectivity index (χ0n) is 11.0. The lowest BCUT2D eigenvalue weighted by atomic mass is 10.0. The van der Waals surface area contributed by atoms with Crippen LogP contribution in [-0.2, 0) is 4.74 Å². The Bertz CT molecular complexity index is 460. The molecule has 0 amide bonds. The molecule has 0 aromatic heterocycles. The van der Waals surface area contributed by atoms with Crippen molar-refractivity contribution in [2.24, 2.45) is 0 Å². The van der Waals surface area contributed by atoms with Crippen LogP contribution in [0.5, 0.6) is 0 Å². The Morgan fingerprint density at radius 3 is 2.37 bits per heavy atom. The summed E-state index contributed by atoms with van der Waals surface area (Å²) in [6, 6.07) is 8.54. The molecule has 1 aromatic carbocycles. The maximum absolute atomic E-state index is 12.1. The molecule has 0 N–H and O–H groups in total. The molecule has 102 valence electrons. The van der Waals surface area contributed by atoms with Gasteiger partial charge < -0.3 is 9.64 Å². The van der Waals surface area contributed by atoms with E-state index in [2.05, 4.69) is 27.9 Å². The van der Waals surface area contributed by atoms with Crippen molar-refractivity contribution >= 4 is 21.9 Å². The van der Waals surface area contributed by atoms with Crippen LogP contribution in [0.1, 0.15) is 36.0 Å². The number of benzene rings is 1. The smallest absolute Gasteiger partial charge is 0.338 e. The summed E-state index contributed by atoms with van der Waals surface area (Å²) in [4.78, 5) is 14.5. The number of carbonyl (C=O) groups is 1. The number of nitrogens with zero attached hydrogens (tertiary/aromatic N) is 1. The van der Waals surface area contributed by atoms with Crippen molar-refractivity contribution in [1.29, 1.82) is 0 Å². The Kier molecular flexibility index (Phi) is 3.63. The van der Waals surface area contributed by atoms with Gasteiger partial charge in [0.05, 0.1) is 5.56 Å². The molecule has 2 fully saturated rings. The van der Waals surface area contributed by atoms with Crippen LogP contribution in [0.4, 0.5) is 0 Å². The van der Waals surface area contributed by atoms with E-state index in [9.17, 15) is 4.79 Å². The highest BCUT2D eigenvalue weighted by Gasteiger charge is 2.39. The van der Waals surface area contributed by atoms with E-state index in [0.29, 0.717) is 17.6 Å². The third kappa shape index (κ3) is 2.70. The van der Waals surface area contributed by atoms with Gasteiger partial charge >= 0.3 is 5.97 Å². The van der Waals surface area contributed by atoms with Crippen molar-refractivity contribution in [2.75, 3.05) is 7.05 Å². The number of fused-ring (bicyclic) bond motifs is 2. The molecule has 2 unspecified atom stereocenters. The van der Waals surface area contributed by atoms with Crippen LogP contribution in [0.25, 0.3) is 0 Å². The van der Waals surface area contributed by atoms with Crippen molar-refractivity contribution in [3.05, 3.63) is 34.3 Å². The first-order valence-corrected chi connectivity index (χ1v) is 7.61. The monoisotopic (exact) mass is 323 g/mol. The molecule has 3 nitrogen and oxygen atoms in total. The normalized spacial score (nSPS) is 30.3. The predicted octanol–water partition coefficient (Wildman–Crippen LogP) is 3.23. The number of esters is 1. The van der Waals surface area contributed by atoms with E-state index in [1.54, 1.807) is 12.1 Å². The minimum atomic E-state index is -0.193. The standard InChI is InChI=1S/C15H18BrNO2/c1-17-12-6-7-13(17)9-14(8-12)19-15(18)10-2-4-11(16)5-3-10/h2-5,12-14H,6-9H2,1H3. The summed E-state index contributed by atoms with van der Waals surface area (Å²) in [7, 11) is 2.19. The zero-order valence-corrected chi connectivity index (χ0v) is 12.6. The summed E-state index contributed by atoms with van der Waals surface area (Å²) >= 11 is 3.37. The van der Waals surface area contributed by atoms with E-state index in [1.165, 1.54) is 12.8 Å². The highest BCUT2D eigenvalue weighted by Crippen LogP contribution is 2.35. The number of carbonyl (C=O) groups excluding carboxylic acids is 1. The molecular weight excluding hydrogens is 306 g/mol. The Balaban J connectivity index is 1.63. The molecule has 1 aromatic rings. The van der Waals surface area contributed by atoms with E-state index < -0.39 is 0 Å². The average molecular weight is 324 g/mol. The molecule has 4 heteroatoms. The van der Waals surface area contributed by atoms with Crippen LogP contribution in [0, 0.1) is 0 Å². The third-order valence-corrected chi connectivity index (χ3v) is 4.94. The van der Waals surface area contributed by atoms with Gasteiger partial charge in [-0.25, -0.2) is 4.79 Å². The summed E-state index contributed by atoms with van der Waals surface area (Å²) in [6.07, 6.45) is 4.54. The molecular formula is C15H18BrNO2. The second-order valence-electron chi connectivity index (χ2n) is 5.56. The second-order valence-corrected chi connectivity index (χ2v) is 6.47. The largest absolute Gasteiger partial charge is 0.459 e. The lowest BCUT2D eigenvalue weighted by molar-refractivity contribution is -0.000448. The van der Waals surface area contributed by atoms with Crippen LogP contribution in [0.2, 0.25) is 0 Å². The lowest BCUT2D eigenvalue weighted by Crippen LogP contribution is -2.43. The average Bonchev–Trinajstić information content (AvgIpc) is 2.63. The minimum Gasteiger partial charge on any atom is -0.459 e. The molecule has 0 spiro atoms. The van der Waals surface area contributed by atoms with Crippen LogP contribution in [0.15, 0.2) is 28.7 Å². The SMILES string of the molecule is CN1C2CCC1CC(OC(=O)c1ccc(Br)cc1)C2. The number of hydrogen-bond donors (Lipinski definition) is 0. The highest BCUT2D eigenvalue weighted by molar-refractivity contribution is 9.10. The van der Waals surface area contributed by atoms with E-state index >= 15 is 0 Å². The molecule has 0 aliphatic carbocycles. The van der Waals surface area contributed by atoms with E-state index in [0.717, 1.165) is 17.3 Å². The van der Waals surface area contributed by atoms with Crippen LogP contribution in [0.3, 0.4) is 0 Å². The van der Waals surface area contributed by atoms with Crippen molar-refractivity contribution in [3.63, 3.8) is 0 Å². The molecule has 19 heavy (non-hydrogen) atoms. The summed E-state index contributed by atoms with van der Waals surface area (Å²) < 4.78 is 6.64. The van der Waals surface area contributed by atoms with Crippen LogP contribution in [-0.4, -0.2) is 36.1 Å². The first kappa shape index (κ1) is 13.1. The fraction of sp³-hybridized carbons (Fsp3) is 0.533. The maximum atomic E-state index is 12.1. The van der Waals surface area contributed by atoms with Gasteiger partial charge in [0.15, 0.2) is 0 Å². The summed E-state index contributed by atoms with van der Waals surface area (Å²) in [5.74, 6) is -0.193. The number of ether oxygens (including phenoxy) is 1. The van der Waals surface area contributed by atoms with E-state index in [4.69, 9.17) is 4.74 Å². The van der Waals surface area contributed by atoms with Crippen molar-refractivity contribution in [1.82, 2.24) is 4.90 Å². The molecule has 0 saturated carbocycles. The minimum absolute atomic E-state index is 0.0878. The van der Waals surface area contributed by atoms with Gasteiger partial charge in [0.2, 0.25) is 0 Å². The van der Waals surface area contributed by atoms with Gasteiger partial charge in [-0.3, -0.25) is 0 Å². The molecule has 2 aliphatic rings. The Morgan fingerprint density at radius 2 is 1.79 bits per heavy atom. The predicted molar refractivity (Wildman–Crippen MR) is 77.2 cm³/mol.